The number of rotatable bonds is 2. The summed E-state index contributed by atoms with van der Waals surface area (Å²) >= 11 is 6.71. The van der Waals surface area contributed by atoms with Crippen molar-refractivity contribution in [3.8, 4) is 0 Å². The van der Waals surface area contributed by atoms with Gasteiger partial charge in [-0.3, -0.25) is 4.79 Å². The standard InChI is InChI=1S/C11H9Br2NO3/c12-7-4-10(15)14(5-7)9-2-1-6(11(16)17)3-8(9)13/h1-3,7H,4-5H2,(H,16,17). The van der Waals surface area contributed by atoms with Crippen LogP contribution in [0.5, 0.6) is 0 Å². The van der Waals surface area contributed by atoms with Crippen LogP contribution in [0.25, 0.3) is 0 Å². The van der Waals surface area contributed by atoms with E-state index in [0.717, 1.165) is 0 Å². The Labute approximate surface area is 115 Å². The normalized spacial score (nSPS) is 19.8. The summed E-state index contributed by atoms with van der Waals surface area (Å²) in [4.78, 5) is 24.3. The molecule has 1 heterocycles. The number of carboxylic acids is 1. The van der Waals surface area contributed by atoms with Gasteiger partial charge in [0.05, 0.1) is 11.3 Å². The third-order valence-electron chi connectivity index (χ3n) is 2.56. The summed E-state index contributed by atoms with van der Waals surface area (Å²) in [5.41, 5.74) is 0.907. The molecule has 4 nitrogen and oxygen atoms in total. The molecule has 1 aromatic carbocycles. The predicted molar refractivity (Wildman–Crippen MR) is 70.8 cm³/mol. The Hall–Kier alpha value is -0.880. The molecule has 17 heavy (non-hydrogen) atoms. The van der Waals surface area contributed by atoms with Gasteiger partial charge in [-0.15, -0.1) is 0 Å². The molecule has 1 aliphatic heterocycles. The van der Waals surface area contributed by atoms with Crippen LogP contribution in [0.4, 0.5) is 5.69 Å². The van der Waals surface area contributed by atoms with Crippen LogP contribution < -0.4 is 4.90 Å². The van der Waals surface area contributed by atoms with Gasteiger partial charge in [0.15, 0.2) is 0 Å². The molecular formula is C11H9Br2NO3. The summed E-state index contributed by atoms with van der Waals surface area (Å²) in [5, 5.41) is 8.85. The summed E-state index contributed by atoms with van der Waals surface area (Å²) in [6.45, 7) is 0.601. The first kappa shape index (κ1) is 12.6. The average molecular weight is 363 g/mol. The molecule has 6 heteroatoms. The Morgan fingerprint density at radius 1 is 1.47 bits per heavy atom. The summed E-state index contributed by atoms with van der Waals surface area (Å²) in [5.74, 6) is -0.945. The SMILES string of the molecule is O=C(O)c1ccc(N2CC(Br)CC2=O)c(Br)c1. The van der Waals surface area contributed by atoms with Crippen molar-refractivity contribution in [3.63, 3.8) is 0 Å². The van der Waals surface area contributed by atoms with E-state index in [-0.39, 0.29) is 16.3 Å². The zero-order valence-electron chi connectivity index (χ0n) is 8.69. The van der Waals surface area contributed by atoms with Gasteiger partial charge in [0.1, 0.15) is 0 Å². The molecule has 0 spiro atoms. The lowest BCUT2D eigenvalue weighted by Gasteiger charge is -2.17. The number of aromatic carboxylic acids is 1. The van der Waals surface area contributed by atoms with Gasteiger partial charge < -0.3 is 10.0 Å². The minimum atomic E-state index is -0.983. The third-order valence-corrected chi connectivity index (χ3v) is 3.81. The minimum absolute atomic E-state index is 0.0376. The summed E-state index contributed by atoms with van der Waals surface area (Å²) in [6, 6.07) is 4.65. The van der Waals surface area contributed by atoms with Gasteiger partial charge in [0.25, 0.3) is 0 Å². The summed E-state index contributed by atoms with van der Waals surface area (Å²) in [7, 11) is 0. The number of carbonyl (C=O) groups is 2. The van der Waals surface area contributed by atoms with Gasteiger partial charge in [0.2, 0.25) is 5.91 Å². The summed E-state index contributed by atoms with van der Waals surface area (Å²) in [6.07, 6.45) is 0.465. The molecule has 0 aliphatic carbocycles. The van der Waals surface area contributed by atoms with Crippen molar-refractivity contribution in [2.45, 2.75) is 11.2 Å². The second-order valence-electron chi connectivity index (χ2n) is 3.78. The second kappa shape index (κ2) is 4.78. The molecule has 90 valence electrons. The Morgan fingerprint density at radius 3 is 2.65 bits per heavy atom. The van der Waals surface area contributed by atoms with E-state index in [1.54, 1.807) is 11.0 Å². The number of alkyl halides is 1. The number of hydrogen-bond acceptors (Lipinski definition) is 2. The zero-order chi connectivity index (χ0) is 12.6. The zero-order valence-corrected chi connectivity index (χ0v) is 11.9. The van der Waals surface area contributed by atoms with E-state index in [0.29, 0.717) is 23.1 Å². The quantitative estimate of drug-likeness (QED) is 0.823. The number of carbonyl (C=O) groups excluding carboxylic acids is 1. The molecule has 1 saturated heterocycles. The largest absolute Gasteiger partial charge is 0.478 e. The van der Waals surface area contributed by atoms with E-state index < -0.39 is 5.97 Å². The molecule has 1 fully saturated rings. The molecule has 1 unspecified atom stereocenters. The first-order chi connectivity index (χ1) is 7.99. The van der Waals surface area contributed by atoms with Crippen LogP contribution >= 0.6 is 31.9 Å². The molecule has 1 aromatic rings. The van der Waals surface area contributed by atoms with Crippen molar-refractivity contribution >= 4 is 49.4 Å². The van der Waals surface area contributed by atoms with E-state index >= 15 is 0 Å². The molecule has 0 radical (unpaired) electrons. The number of amides is 1. The van der Waals surface area contributed by atoms with Crippen LogP contribution in [-0.4, -0.2) is 28.4 Å². The predicted octanol–water partition coefficient (Wildman–Crippen LogP) is 2.65. The third kappa shape index (κ3) is 2.52. The van der Waals surface area contributed by atoms with Gasteiger partial charge in [-0.2, -0.15) is 0 Å². The van der Waals surface area contributed by atoms with Crippen molar-refractivity contribution in [3.05, 3.63) is 28.2 Å². The fourth-order valence-electron chi connectivity index (χ4n) is 1.76. The smallest absolute Gasteiger partial charge is 0.335 e. The van der Waals surface area contributed by atoms with Gasteiger partial charge >= 0.3 is 5.97 Å². The van der Waals surface area contributed by atoms with Gasteiger partial charge in [0, 0.05) is 22.3 Å². The van der Waals surface area contributed by atoms with Crippen LogP contribution in [0, 0.1) is 0 Å². The lowest BCUT2D eigenvalue weighted by atomic mass is 10.2. The monoisotopic (exact) mass is 361 g/mol. The number of nitrogens with zero attached hydrogens (tertiary/aromatic N) is 1. The fourth-order valence-corrected chi connectivity index (χ4v) is 2.92. The summed E-state index contributed by atoms with van der Waals surface area (Å²) < 4.78 is 0.618. The maximum Gasteiger partial charge on any atom is 0.335 e. The molecule has 2 rings (SSSR count). The van der Waals surface area contributed by atoms with Crippen molar-refractivity contribution < 1.29 is 14.7 Å². The van der Waals surface area contributed by atoms with Crippen LogP contribution in [0.3, 0.4) is 0 Å². The first-order valence-electron chi connectivity index (χ1n) is 4.96. The molecule has 1 amide bonds. The van der Waals surface area contributed by atoms with Gasteiger partial charge in [-0.25, -0.2) is 4.79 Å². The van der Waals surface area contributed by atoms with Crippen molar-refractivity contribution in [1.82, 2.24) is 0 Å². The highest BCUT2D eigenvalue weighted by molar-refractivity contribution is 9.10. The van der Waals surface area contributed by atoms with Gasteiger partial charge in [-0.1, -0.05) is 15.9 Å². The van der Waals surface area contributed by atoms with Crippen molar-refractivity contribution in [1.29, 1.82) is 0 Å². The Morgan fingerprint density at radius 2 is 2.18 bits per heavy atom. The first-order valence-corrected chi connectivity index (χ1v) is 6.67. The fraction of sp³-hybridized carbons (Fsp3) is 0.273. The van der Waals surface area contributed by atoms with Crippen LogP contribution in [0.1, 0.15) is 16.8 Å². The van der Waals surface area contributed by atoms with E-state index in [9.17, 15) is 9.59 Å². The molecule has 0 aromatic heterocycles. The highest BCUT2D eigenvalue weighted by Gasteiger charge is 2.30. The molecule has 0 saturated carbocycles. The molecule has 0 bridgehead atoms. The van der Waals surface area contributed by atoms with E-state index in [4.69, 9.17) is 5.11 Å². The number of halogens is 2. The number of benzene rings is 1. The average Bonchev–Trinajstić information content (AvgIpc) is 2.57. The van der Waals surface area contributed by atoms with Gasteiger partial charge in [-0.05, 0) is 34.1 Å². The number of carboxylic acid groups (broad SMARTS) is 1. The Bertz CT molecular complexity index is 490. The number of anilines is 1. The highest BCUT2D eigenvalue weighted by Crippen LogP contribution is 2.32. The Kier molecular flexibility index (Phi) is 3.53. The van der Waals surface area contributed by atoms with E-state index in [1.807, 2.05) is 0 Å². The van der Waals surface area contributed by atoms with Crippen LogP contribution in [0.15, 0.2) is 22.7 Å². The van der Waals surface area contributed by atoms with E-state index in [1.165, 1.54) is 12.1 Å². The molecule has 1 aliphatic rings. The van der Waals surface area contributed by atoms with Crippen LogP contribution in [0.2, 0.25) is 0 Å². The lowest BCUT2D eigenvalue weighted by Crippen LogP contribution is -2.25. The molecule has 1 N–H and O–H groups in total. The maximum atomic E-state index is 11.7. The highest BCUT2D eigenvalue weighted by atomic mass is 79.9. The minimum Gasteiger partial charge on any atom is -0.478 e. The lowest BCUT2D eigenvalue weighted by molar-refractivity contribution is -0.117. The molecule has 1 atom stereocenters. The molecular weight excluding hydrogens is 354 g/mol. The number of hydrogen-bond donors (Lipinski definition) is 1. The van der Waals surface area contributed by atoms with E-state index in [2.05, 4.69) is 31.9 Å². The topological polar surface area (TPSA) is 57.6 Å². The Balaban J connectivity index is 2.34. The van der Waals surface area contributed by atoms with Crippen LogP contribution in [-0.2, 0) is 4.79 Å². The maximum absolute atomic E-state index is 11.7. The van der Waals surface area contributed by atoms with Crippen molar-refractivity contribution in [2.75, 3.05) is 11.4 Å². The van der Waals surface area contributed by atoms with Crippen molar-refractivity contribution in [2.24, 2.45) is 0 Å². The second-order valence-corrected chi connectivity index (χ2v) is 5.93.